The highest BCUT2D eigenvalue weighted by molar-refractivity contribution is 5.78. The third-order valence-electron chi connectivity index (χ3n) is 4.37. The molecule has 1 spiro atoms. The average Bonchev–Trinajstić information content (AvgIpc) is 2.85. The van der Waals surface area contributed by atoms with Crippen LogP contribution in [0.2, 0.25) is 0 Å². The molecule has 2 heteroatoms. The minimum atomic E-state index is 0.0388. The van der Waals surface area contributed by atoms with Crippen LogP contribution in [0.15, 0.2) is 11.6 Å². The summed E-state index contributed by atoms with van der Waals surface area (Å²) < 4.78 is 5.24. The standard InChI is InChI=1S/C15H24O2/c1-4-17-14(16)13-12(10-11(2)3)15(13)8-6-5-7-9-15/h10,12-13H,4-9H2,1-3H3. The predicted molar refractivity (Wildman–Crippen MR) is 68.6 cm³/mol. The molecule has 2 fully saturated rings. The molecule has 0 aromatic rings. The van der Waals surface area contributed by atoms with E-state index in [4.69, 9.17) is 4.74 Å². The van der Waals surface area contributed by atoms with Crippen LogP contribution in [0.25, 0.3) is 0 Å². The van der Waals surface area contributed by atoms with Crippen LogP contribution < -0.4 is 0 Å². The molecule has 0 radical (unpaired) electrons. The SMILES string of the molecule is CCOC(=O)C1C(C=C(C)C)C12CCCCC2. The van der Waals surface area contributed by atoms with Gasteiger partial charge in [-0.25, -0.2) is 0 Å². The summed E-state index contributed by atoms with van der Waals surface area (Å²) in [6.45, 7) is 6.64. The van der Waals surface area contributed by atoms with Crippen LogP contribution in [0.5, 0.6) is 0 Å². The van der Waals surface area contributed by atoms with Gasteiger partial charge in [0, 0.05) is 0 Å². The van der Waals surface area contributed by atoms with Gasteiger partial charge >= 0.3 is 5.97 Å². The van der Waals surface area contributed by atoms with Crippen molar-refractivity contribution < 1.29 is 9.53 Å². The van der Waals surface area contributed by atoms with E-state index in [0.717, 1.165) is 0 Å². The molecule has 2 saturated carbocycles. The summed E-state index contributed by atoms with van der Waals surface area (Å²) in [6.07, 6.45) is 8.62. The molecule has 0 aromatic carbocycles. The molecule has 0 bridgehead atoms. The van der Waals surface area contributed by atoms with Gasteiger partial charge in [-0.1, -0.05) is 30.9 Å². The van der Waals surface area contributed by atoms with Crippen LogP contribution in [0.3, 0.4) is 0 Å². The second-order valence-electron chi connectivity index (χ2n) is 5.79. The van der Waals surface area contributed by atoms with Crippen molar-refractivity contribution in [3.63, 3.8) is 0 Å². The molecule has 2 aliphatic rings. The van der Waals surface area contributed by atoms with Crippen LogP contribution in [-0.2, 0) is 9.53 Å². The molecular weight excluding hydrogens is 212 g/mol. The van der Waals surface area contributed by atoms with Gasteiger partial charge in [0.2, 0.25) is 0 Å². The van der Waals surface area contributed by atoms with Gasteiger partial charge in [-0.05, 0) is 44.9 Å². The van der Waals surface area contributed by atoms with E-state index >= 15 is 0 Å². The normalized spacial score (nSPS) is 29.8. The summed E-state index contributed by atoms with van der Waals surface area (Å²) in [5.74, 6) is 0.640. The van der Waals surface area contributed by atoms with E-state index in [0.29, 0.717) is 12.5 Å². The second-order valence-corrected chi connectivity index (χ2v) is 5.79. The summed E-state index contributed by atoms with van der Waals surface area (Å²) in [7, 11) is 0. The van der Waals surface area contributed by atoms with Crippen LogP contribution in [-0.4, -0.2) is 12.6 Å². The minimum Gasteiger partial charge on any atom is -0.466 e. The maximum Gasteiger partial charge on any atom is 0.310 e. The first-order valence-corrected chi connectivity index (χ1v) is 6.93. The van der Waals surface area contributed by atoms with E-state index < -0.39 is 0 Å². The van der Waals surface area contributed by atoms with Crippen molar-refractivity contribution >= 4 is 5.97 Å². The fourth-order valence-electron chi connectivity index (χ4n) is 3.61. The number of ether oxygens (including phenoxy) is 1. The smallest absolute Gasteiger partial charge is 0.310 e. The topological polar surface area (TPSA) is 26.3 Å². The fourth-order valence-corrected chi connectivity index (χ4v) is 3.61. The number of esters is 1. The quantitative estimate of drug-likeness (QED) is 0.551. The number of carbonyl (C=O) groups excluding carboxylic acids is 1. The Morgan fingerprint density at radius 3 is 2.47 bits per heavy atom. The molecule has 0 heterocycles. The summed E-state index contributed by atoms with van der Waals surface area (Å²) in [5.41, 5.74) is 1.59. The van der Waals surface area contributed by atoms with E-state index in [1.807, 2.05) is 6.92 Å². The molecule has 0 N–H and O–H groups in total. The minimum absolute atomic E-state index is 0.0388. The Hall–Kier alpha value is -0.790. The van der Waals surface area contributed by atoms with Gasteiger partial charge in [-0.2, -0.15) is 0 Å². The van der Waals surface area contributed by atoms with Gasteiger partial charge in [0.05, 0.1) is 12.5 Å². The summed E-state index contributed by atoms with van der Waals surface area (Å²) in [5, 5.41) is 0. The summed E-state index contributed by atoms with van der Waals surface area (Å²) in [6, 6.07) is 0. The maximum atomic E-state index is 12.0. The van der Waals surface area contributed by atoms with E-state index in [2.05, 4.69) is 19.9 Å². The van der Waals surface area contributed by atoms with Crippen LogP contribution in [0, 0.1) is 17.3 Å². The lowest BCUT2D eigenvalue weighted by atomic mass is 9.83. The Bertz CT molecular complexity index is 320. The monoisotopic (exact) mass is 236 g/mol. The van der Waals surface area contributed by atoms with Gasteiger partial charge in [0.25, 0.3) is 0 Å². The number of allylic oxidation sites excluding steroid dienone is 2. The Kier molecular flexibility index (Phi) is 3.60. The molecule has 0 amide bonds. The van der Waals surface area contributed by atoms with Gasteiger partial charge < -0.3 is 4.74 Å². The first-order chi connectivity index (χ1) is 8.12. The lowest BCUT2D eigenvalue weighted by Crippen LogP contribution is -2.16. The third-order valence-corrected chi connectivity index (χ3v) is 4.37. The molecule has 2 rings (SSSR count). The van der Waals surface area contributed by atoms with Crippen molar-refractivity contribution in [3.05, 3.63) is 11.6 Å². The zero-order valence-electron chi connectivity index (χ0n) is 11.3. The average molecular weight is 236 g/mol. The van der Waals surface area contributed by atoms with Crippen LogP contribution in [0.1, 0.15) is 52.9 Å². The first kappa shape index (κ1) is 12.7. The third kappa shape index (κ3) is 2.27. The summed E-state index contributed by atoms with van der Waals surface area (Å²) in [4.78, 5) is 12.0. The second kappa shape index (κ2) is 4.83. The van der Waals surface area contributed by atoms with Crippen LogP contribution >= 0.6 is 0 Å². The van der Waals surface area contributed by atoms with Crippen molar-refractivity contribution in [2.24, 2.45) is 17.3 Å². The lowest BCUT2D eigenvalue weighted by Gasteiger charge is -2.22. The molecule has 96 valence electrons. The number of hydrogen-bond acceptors (Lipinski definition) is 2. The van der Waals surface area contributed by atoms with E-state index in [1.165, 1.54) is 37.7 Å². The van der Waals surface area contributed by atoms with Crippen molar-refractivity contribution in [3.8, 4) is 0 Å². The molecule has 17 heavy (non-hydrogen) atoms. The highest BCUT2D eigenvalue weighted by Gasteiger charge is 2.66. The van der Waals surface area contributed by atoms with Gasteiger partial charge in [0.1, 0.15) is 0 Å². The zero-order valence-corrected chi connectivity index (χ0v) is 11.3. The van der Waals surface area contributed by atoms with Gasteiger partial charge in [-0.15, -0.1) is 0 Å². The molecule has 2 nitrogen and oxygen atoms in total. The molecular formula is C15H24O2. The highest BCUT2D eigenvalue weighted by atomic mass is 16.5. The lowest BCUT2D eigenvalue weighted by molar-refractivity contribution is -0.146. The highest BCUT2D eigenvalue weighted by Crippen LogP contribution is 2.67. The van der Waals surface area contributed by atoms with Gasteiger partial charge in [0.15, 0.2) is 0 Å². The van der Waals surface area contributed by atoms with E-state index in [9.17, 15) is 4.79 Å². The van der Waals surface area contributed by atoms with E-state index in [-0.39, 0.29) is 17.3 Å². The van der Waals surface area contributed by atoms with E-state index in [1.54, 1.807) is 0 Å². The number of carbonyl (C=O) groups is 1. The predicted octanol–water partition coefficient (Wildman–Crippen LogP) is 3.71. The van der Waals surface area contributed by atoms with Crippen molar-refractivity contribution in [1.29, 1.82) is 0 Å². The zero-order chi connectivity index (χ0) is 12.5. The fraction of sp³-hybridized carbons (Fsp3) is 0.800. The molecule has 2 aliphatic carbocycles. The largest absolute Gasteiger partial charge is 0.466 e. The van der Waals surface area contributed by atoms with Crippen LogP contribution in [0.4, 0.5) is 0 Å². The molecule has 0 aliphatic heterocycles. The number of rotatable bonds is 3. The summed E-state index contributed by atoms with van der Waals surface area (Å²) >= 11 is 0. The van der Waals surface area contributed by atoms with Gasteiger partial charge in [-0.3, -0.25) is 4.79 Å². The first-order valence-electron chi connectivity index (χ1n) is 6.93. The Morgan fingerprint density at radius 2 is 1.94 bits per heavy atom. The molecule has 0 saturated heterocycles. The van der Waals surface area contributed by atoms with Crippen molar-refractivity contribution in [2.75, 3.05) is 6.61 Å². The van der Waals surface area contributed by atoms with Crippen molar-refractivity contribution in [1.82, 2.24) is 0 Å². The molecule has 2 atom stereocenters. The molecule has 2 unspecified atom stereocenters. The Morgan fingerprint density at radius 1 is 1.29 bits per heavy atom. The molecule has 0 aromatic heterocycles. The van der Waals surface area contributed by atoms with Crippen molar-refractivity contribution in [2.45, 2.75) is 52.9 Å². The Labute approximate surface area is 104 Å². The maximum absolute atomic E-state index is 12.0. The number of hydrogen-bond donors (Lipinski definition) is 0. The Balaban J connectivity index is 2.13.